The minimum Gasteiger partial charge on any atom is -0.490 e. The number of anilines is 1. The highest BCUT2D eigenvalue weighted by Crippen LogP contribution is 2.28. The molecular weight excluding hydrogens is 465 g/mol. The first kappa shape index (κ1) is 24.8. The largest absolute Gasteiger partial charge is 0.490 e. The fourth-order valence-electron chi connectivity index (χ4n) is 2.58. The SMILES string of the molecule is CCOc1ccc(/C=N\NC(=O)CN(c2cc(Cl)cc(Cl)c2)S(C)(=O)=O)cc1OCC. The number of hydrogen-bond acceptors (Lipinski definition) is 6. The molecule has 11 heteroatoms. The van der Waals surface area contributed by atoms with Crippen LogP contribution in [0, 0.1) is 0 Å². The predicted molar refractivity (Wildman–Crippen MR) is 123 cm³/mol. The summed E-state index contributed by atoms with van der Waals surface area (Å²) >= 11 is 11.9. The van der Waals surface area contributed by atoms with Crippen LogP contribution in [0.2, 0.25) is 10.0 Å². The number of carbonyl (C=O) groups is 1. The van der Waals surface area contributed by atoms with Crippen LogP contribution >= 0.6 is 23.2 Å². The van der Waals surface area contributed by atoms with Crippen molar-refractivity contribution in [1.29, 1.82) is 0 Å². The molecule has 0 saturated heterocycles. The Balaban J connectivity index is 2.11. The first-order valence-corrected chi connectivity index (χ1v) is 11.9. The number of hydrazone groups is 1. The van der Waals surface area contributed by atoms with E-state index >= 15 is 0 Å². The maximum absolute atomic E-state index is 12.3. The maximum Gasteiger partial charge on any atom is 0.260 e. The van der Waals surface area contributed by atoms with Crippen molar-refractivity contribution in [3.63, 3.8) is 0 Å². The number of nitrogens with zero attached hydrogens (tertiary/aromatic N) is 2. The molecule has 0 aliphatic carbocycles. The summed E-state index contributed by atoms with van der Waals surface area (Å²) < 4.78 is 36.3. The molecule has 2 aromatic rings. The van der Waals surface area contributed by atoms with E-state index in [4.69, 9.17) is 32.7 Å². The van der Waals surface area contributed by atoms with Gasteiger partial charge in [-0.15, -0.1) is 0 Å². The van der Waals surface area contributed by atoms with Gasteiger partial charge in [-0.2, -0.15) is 5.10 Å². The van der Waals surface area contributed by atoms with Crippen molar-refractivity contribution < 1.29 is 22.7 Å². The normalized spacial score (nSPS) is 11.4. The molecule has 8 nitrogen and oxygen atoms in total. The first-order valence-electron chi connectivity index (χ1n) is 9.29. The molecule has 1 N–H and O–H groups in total. The lowest BCUT2D eigenvalue weighted by atomic mass is 10.2. The van der Waals surface area contributed by atoms with Gasteiger partial charge in [0.05, 0.1) is 31.4 Å². The Hall–Kier alpha value is -2.49. The summed E-state index contributed by atoms with van der Waals surface area (Å²) in [6.45, 7) is 4.19. The smallest absolute Gasteiger partial charge is 0.260 e. The van der Waals surface area contributed by atoms with E-state index in [-0.39, 0.29) is 15.7 Å². The molecule has 0 spiro atoms. The predicted octanol–water partition coefficient (Wildman–Crippen LogP) is 3.71. The average molecular weight is 488 g/mol. The maximum atomic E-state index is 12.3. The van der Waals surface area contributed by atoms with Gasteiger partial charge in [-0.05, 0) is 55.8 Å². The highest BCUT2D eigenvalue weighted by molar-refractivity contribution is 7.92. The molecule has 2 rings (SSSR count). The zero-order valence-corrected chi connectivity index (χ0v) is 19.6. The average Bonchev–Trinajstić information content (AvgIpc) is 2.66. The third-order valence-corrected chi connectivity index (χ3v) is 5.37. The summed E-state index contributed by atoms with van der Waals surface area (Å²) in [6, 6.07) is 9.48. The van der Waals surface area contributed by atoms with Crippen LogP contribution in [0.25, 0.3) is 0 Å². The van der Waals surface area contributed by atoms with Crippen molar-refractivity contribution in [3.8, 4) is 11.5 Å². The number of rotatable bonds is 10. The van der Waals surface area contributed by atoms with E-state index in [1.807, 2.05) is 13.8 Å². The Morgan fingerprint density at radius 3 is 2.26 bits per heavy atom. The highest BCUT2D eigenvalue weighted by Gasteiger charge is 2.21. The summed E-state index contributed by atoms with van der Waals surface area (Å²) in [5.74, 6) is 0.518. The van der Waals surface area contributed by atoms with Gasteiger partial charge in [0.1, 0.15) is 6.54 Å². The Labute approximate surface area is 191 Å². The third kappa shape index (κ3) is 7.61. The zero-order valence-electron chi connectivity index (χ0n) is 17.3. The summed E-state index contributed by atoms with van der Waals surface area (Å²) in [7, 11) is -3.77. The molecule has 168 valence electrons. The molecule has 0 bridgehead atoms. The number of hydrogen-bond donors (Lipinski definition) is 1. The fourth-order valence-corrected chi connectivity index (χ4v) is 3.93. The third-order valence-electron chi connectivity index (χ3n) is 3.79. The van der Waals surface area contributed by atoms with Crippen LogP contribution in [0.1, 0.15) is 19.4 Å². The lowest BCUT2D eigenvalue weighted by molar-refractivity contribution is -0.119. The molecule has 2 aromatic carbocycles. The molecule has 0 radical (unpaired) electrons. The highest BCUT2D eigenvalue weighted by atomic mass is 35.5. The van der Waals surface area contributed by atoms with Crippen LogP contribution in [0.15, 0.2) is 41.5 Å². The molecule has 1 amide bonds. The van der Waals surface area contributed by atoms with Crippen molar-refractivity contribution in [2.45, 2.75) is 13.8 Å². The van der Waals surface area contributed by atoms with E-state index in [2.05, 4.69) is 10.5 Å². The van der Waals surface area contributed by atoms with Gasteiger partial charge >= 0.3 is 0 Å². The standard InChI is InChI=1S/C20H23Cl2N3O5S/c1-4-29-18-7-6-14(8-19(18)30-5-2)12-23-24-20(26)13-25(31(3,27)28)17-10-15(21)9-16(22)11-17/h6-12H,4-5,13H2,1-3H3,(H,24,26)/b23-12-. The molecule has 0 aliphatic heterocycles. The van der Waals surface area contributed by atoms with Crippen LogP contribution in [0.4, 0.5) is 5.69 Å². The van der Waals surface area contributed by atoms with Crippen LogP contribution in [0.3, 0.4) is 0 Å². The number of amides is 1. The molecule has 0 aliphatic rings. The topological polar surface area (TPSA) is 97.3 Å². The second kappa shape index (κ2) is 11.2. The summed E-state index contributed by atoms with van der Waals surface area (Å²) in [4.78, 5) is 12.3. The van der Waals surface area contributed by atoms with Crippen molar-refractivity contribution in [1.82, 2.24) is 5.43 Å². The van der Waals surface area contributed by atoms with Crippen LogP contribution in [0.5, 0.6) is 11.5 Å². The van der Waals surface area contributed by atoms with Crippen LogP contribution < -0.4 is 19.2 Å². The summed E-state index contributed by atoms with van der Waals surface area (Å²) in [5.41, 5.74) is 3.14. The minimum atomic E-state index is -3.77. The number of ether oxygens (including phenoxy) is 2. The van der Waals surface area contributed by atoms with Crippen molar-refractivity contribution in [2.75, 3.05) is 30.3 Å². The van der Waals surface area contributed by atoms with E-state index < -0.39 is 22.5 Å². The van der Waals surface area contributed by atoms with Gasteiger partial charge in [-0.3, -0.25) is 9.10 Å². The van der Waals surface area contributed by atoms with Gasteiger partial charge < -0.3 is 9.47 Å². The Kier molecular flexibility index (Phi) is 8.97. The van der Waals surface area contributed by atoms with E-state index in [1.54, 1.807) is 18.2 Å². The number of sulfonamides is 1. The van der Waals surface area contributed by atoms with Gasteiger partial charge in [0.15, 0.2) is 11.5 Å². The van der Waals surface area contributed by atoms with Gasteiger partial charge in [0.2, 0.25) is 10.0 Å². The van der Waals surface area contributed by atoms with Crippen LogP contribution in [-0.2, 0) is 14.8 Å². The second-order valence-electron chi connectivity index (χ2n) is 6.26. The molecule has 0 saturated carbocycles. The lowest BCUT2D eigenvalue weighted by Crippen LogP contribution is -2.39. The fraction of sp³-hybridized carbons (Fsp3) is 0.300. The lowest BCUT2D eigenvalue weighted by Gasteiger charge is -2.21. The molecule has 31 heavy (non-hydrogen) atoms. The van der Waals surface area contributed by atoms with Gasteiger partial charge in [-0.25, -0.2) is 13.8 Å². The Bertz CT molecular complexity index is 1040. The monoisotopic (exact) mass is 487 g/mol. The quantitative estimate of drug-likeness (QED) is 0.406. The molecule has 0 heterocycles. The number of nitrogens with one attached hydrogen (secondary N) is 1. The van der Waals surface area contributed by atoms with Crippen molar-refractivity contribution >= 4 is 51.0 Å². The van der Waals surface area contributed by atoms with Crippen molar-refractivity contribution in [2.24, 2.45) is 5.10 Å². The van der Waals surface area contributed by atoms with E-state index in [0.717, 1.165) is 10.6 Å². The number of benzene rings is 2. The minimum absolute atomic E-state index is 0.173. The molecule has 0 unspecified atom stereocenters. The van der Waals surface area contributed by atoms with E-state index in [0.29, 0.717) is 30.3 Å². The van der Waals surface area contributed by atoms with E-state index in [1.165, 1.54) is 24.4 Å². The van der Waals surface area contributed by atoms with Gasteiger partial charge in [0, 0.05) is 10.0 Å². The first-order chi connectivity index (χ1) is 14.6. The molecule has 0 aromatic heterocycles. The molecular formula is C20H23Cl2N3O5S. The number of halogens is 2. The Morgan fingerprint density at radius 1 is 1.06 bits per heavy atom. The van der Waals surface area contributed by atoms with Gasteiger partial charge in [-0.1, -0.05) is 23.2 Å². The summed E-state index contributed by atoms with van der Waals surface area (Å²) in [5, 5.41) is 4.38. The number of carbonyl (C=O) groups excluding carboxylic acids is 1. The Morgan fingerprint density at radius 2 is 1.68 bits per heavy atom. The van der Waals surface area contributed by atoms with Crippen molar-refractivity contribution in [3.05, 3.63) is 52.0 Å². The zero-order chi connectivity index (χ0) is 23.0. The second-order valence-corrected chi connectivity index (χ2v) is 9.04. The molecule has 0 atom stereocenters. The van der Waals surface area contributed by atoms with E-state index in [9.17, 15) is 13.2 Å². The summed E-state index contributed by atoms with van der Waals surface area (Å²) in [6.07, 6.45) is 2.39. The van der Waals surface area contributed by atoms with Crippen LogP contribution in [-0.4, -0.2) is 46.6 Å². The molecule has 0 fully saturated rings. The van der Waals surface area contributed by atoms with Gasteiger partial charge in [0.25, 0.3) is 5.91 Å².